The average molecular weight is 324 g/mol. The van der Waals surface area contributed by atoms with Gasteiger partial charge in [-0.25, -0.2) is 0 Å². The lowest BCUT2D eigenvalue weighted by atomic mass is 10.00. The molecule has 3 heteroatoms. The van der Waals surface area contributed by atoms with E-state index in [9.17, 15) is 0 Å². The van der Waals surface area contributed by atoms with Crippen LogP contribution in [0.2, 0.25) is 0 Å². The van der Waals surface area contributed by atoms with Crippen molar-refractivity contribution in [2.24, 2.45) is 5.92 Å². The van der Waals surface area contributed by atoms with E-state index in [0.29, 0.717) is 6.61 Å². The van der Waals surface area contributed by atoms with Gasteiger partial charge in [0.1, 0.15) is 12.4 Å². The molecule has 128 valence electrons. The monoisotopic (exact) mass is 324 g/mol. The average Bonchev–Trinajstić information content (AvgIpc) is 2.60. The van der Waals surface area contributed by atoms with Gasteiger partial charge in [-0.1, -0.05) is 43.3 Å². The SMILES string of the molecule is CC1CCCN(CCc2ccc(OCc3ccccc3)c(N)c2)C1. The number of rotatable bonds is 6. The highest BCUT2D eigenvalue weighted by atomic mass is 16.5. The van der Waals surface area contributed by atoms with Crippen molar-refractivity contribution in [1.82, 2.24) is 4.90 Å². The Kier molecular flexibility index (Phi) is 5.76. The van der Waals surface area contributed by atoms with Gasteiger partial charge in [-0.15, -0.1) is 0 Å². The van der Waals surface area contributed by atoms with E-state index in [1.807, 2.05) is 24.3 Å². The highest BCUT2D eigenvalue weighted by Crippen LogP contribution is 2.24. The Morgan fingerprint density at radius 3 is 2.71 bits per heavy atom. The maximum absolute atomic E-state index is 6.18. The maximum Gasteiger partial charge on any atom is 0.142 e. The number of nitrogens with two attached hydrogens (primary N) is 1. The fraction of sp³-hybridized carbons (Fsp3) is 0.429. The second kappa shape index (κ2) is 8.20. The molecule has 1 unspecified atom stereocenters. The molecule has 1 fully saturated rings. The molecule has 3 nitrogen and oxygen atoms in total. The molecule has 2 aromatic rings. The van der Waals surface area contributed by atoms with Crippen LogP contribution in [0.25, 0.3) is 0 Å². The van der Waals surface area contributed by atoms with Gasteiger partial charge in [-0.05, 0) is 55.0 Å². The van der Waals surface area contributed by atoms with Gasteiger partial charge in [-0.3, -0.25) is 0 Å². The molecular weight excluding hydrogens is 296 g/mol. The molecule has 0 amide bonds. The zero-order valence-corrected chi connectivity index (χ0v) is 14.6. The lowest BCUT2D eigenvalue weighted by Crippen LogP contribution is -2.35. The maximum atomic E-state index is 6.18. The van der Waals surface area contributed by atoms with Crippen LogP contribution in [-0.2, 0) is 13.0 Å². The first-order valence-corrected chi connectivity index (χ1v) is 8.98. The summed E-state index contributed by atoms with van der Waals surface area (Å²) in [6.45, 7) is 6.49. The van der Waals surface area contributed by atoms with Crippen molar-refractivity contribution >= 4 is 5.69 Å². The zero-order chi connectivity index (χ0) is 16.8. The second-order valence-corrected chi connectivity index (χ2v) is 6.94. The van der Waals surface area contributed by atoms with Crippen LogP contribution in [0.1, 0.15) is 30.9 Å². The topological polar surface area (TPSA) is 38.5 Å². The number of ether oxygens (including phenoxy) is 1. The zero-order valence-electron chi connectivity index (χ0n) is 14.6. The van der Waals surface area contributed by atoms with E-state index < -0.39 is 0 Å². The van der Waals surface area contributed by atoms with Gasteiger partial charge in [0.05, 0.1) is 5.69 Å². The van der Waals surface area contributed by atoms with Crippen molar-refractivity contribution < 1.29 is 4.74 Å². The summed E-state index contributed by atoms with van der Waals surface area (Å²) >= 11 is 0. The van der Waals surface area contributed by atoms with Crippen LogP contribution in [0.4, 0.5) is 5.69 Å². The predicted octanol–water partition coefficient (Wildman–Crippen LogP) is 4.12. The van der Waals surface area contributed by atoms with Gasteiger partial charge in [0, 0.05) is 13.1 Å². The van der Waals surface area contributed by atoms with Crippen molar-refractivity contribution in [2.45, 2.75) is 32.8 Å². The summed E-state index contributed by atoms with van der Waals surface area (Å²) in [6.07, 6.45) is 3.75. The highest BCUT2D eigenvalue weighted by molar-refractivity contribution is 5.54. The Labute approximate surface area is 145 Å². The van der Waals surface area contributed by atoms with E-state index in [0.717, 1.165) is 35.9 Å². The highest BCUT2D eigenvalue weighted by Gasteiger charge is 2.15. The minimum Gasteiger partial charge on any atom is -0.487 e. The third kappa shape index (κ3) is 4.75. The molecule has 1 saturated heterocycles. The number of hydrogen-bond donors (Lipinski definition) is 1. The minimum atomic E-state index is 0.552. The molecule has 2 aromatic carbocycles. The molecule has 2 N–H and O–H groups in total. The van der Waals surface area contributed by atoms with Gasteiger partial charge in [0.25, 0.3) is 0 Å². The van der Waals surface area contributed by atoms with Crippen molar-refractivity contribution in [3.8, 4) is 5.75 Å². The van der Waals surface area contributed by atoms with Gasteiger partial charge >= 0.3 is 0 Å². The van der Waals surface area contributed by atoms with Crippen molar-refractivity contribution in [1.29, 1.82) is 0 Å². The minimum absolute atomic E-state index is 0.552. The summed E-state index contributed by atoms with van der Waals surface area (Å²) in [5.41, 5.74) is 9.35. The van der Waals surface area contributed by atoms with E-state index in [-0.39, 0.29) is 0 Å². The molecule has 1 atom stereocenters. The van der Waals surface area contributed by atoms with Gasteiger partial charge < -0.3 is 15.4 Å². The summed E-state index contributed by atoms with van der Waals surface area (Å²) < 4.78 is 5.85. The van der Waals surface area contributed by atoms with Gasteiger partial charge in [0.2, 0.25) is 0 Å². The number of benzene rings is 2. The Morgan fingerprint density at radius 1 is 1.12 bits per heavy atom. The fourth-order valence-corrected chi connectivity index (χ4v) is 3.40. The molecule has 24 heavy (non-hydrogen) atoms. The summed E-state index contributed by atoms with van der Waals surface area (Å²) in [6, 6.07) is 16.4. The first kappa shape index (κ1) is 16.8. The Balaban J connectivity index is 1.52. The molecule has 0 aromatic heterocycles. The van der Waals surface area contributed by atoms with Gasteiger partial charge in [0.15, 0.2) is 0 Å². The fourth-order valence-electron chi connectivity index (χ4n) is 3.40. The molecule has 1 aliphatic heterocycles. The van der Waals surface area contributed by atoms with E-state index in [1.165, 1.54) is 31.5 Å². The second-order valence-electron chi connectivity index (χ2n) is 6.94. The van der Waals surface area contributed by atoms with E-state index >= 15 is 0 Å². The van der Waals surface area contributed by atoms with Crippen molar-refractivity contribution in [3.63, 3.8) is 0 Å². The van der Waals surface area contributed by atoms with Crippen LogP contribution in [0.3, 0.4) is 0 Å². The van der Waals surface area contributed by atoms with E-state index in [1.54, 1.807) is 0 Å². The third-order valence-corrected chi connectivity index (χ3v) is 4.77. The first-order valence-electron chi connectivity index (χ1n) is 8.98. The predicted molar refractivity (Wildman–Crippen MR) is 100 cm³/mol. The Hall–Kier alpha value is -2.00. The molecule has 0 saturated carbocycles. The largest absolute Gasteiger partial charge is 0.487 e. The molecule has 1 aliphatic rings. The summed E-state index contributed by atoms with van der Waals surface area (Å²) in [5, 5.41) is 0. The van der Waals surface area contributed by atoms with Crippen LogP contribution in [0.5, 0.6) is 5.75 Å². The number of nitrogens with zero attached hydrogens (tertiary/aromatic N) is 1. The lowest BCUT2D eigenvalue weighted by molar-refractivity contribution is 0.186. The number of piperidine rings is 1. The number of likely N-dealkylation sites (tertiary alicyclic amines) is 1. The first-order chi connectivity index (χ1) is 11.7. The molecule has 0 aliphatic carbocycles. The van der Waals surface area contributed by atoms with Crippen LogP contribution in [-0.4, -0.2) is 24.5 Å². The Morgan fingerprint density at radius 2 is 1.96 bits per heavy atom. The van der Waals surface area contributed by atoms with Gasteiger partial charge in [-0.2, -0.15) is 0 Å². The Bertz CT molecular complexity index is 642. The van der Waals surface area contributed by atoms with Crippen LogP contribution in [0.15, 0.2) is 48.5 Å². The molecule has 0 radical (unpaired) electrons. The number of anilines is 1. The van der Waals surface area contributed by atoms with Crippen LogP contribution < -0.4 is 10.5 Å². The molecule has 3 rings (SSSR count). The van der Waals surface area contributed by atoms with Crippen molar-refractivity contribution in [3.05, 3.63) is 59.7 Å². The number of nitrogen functional groups attached to an aromatic ring is 1. The summed E-state index contributed by atoms with van der Waals surface area (Å²) in [7, 11) is 0. The molecule has 0 spiro atoms. The van der Waals surface area contributed by atoms with Crippen molar-refractivity contribution in [2.75, 3.05) is 25.4 Å². The normalized spacial score (nSPS) is 18.5. The van der Waals surface area contributed by atoms with Crippen LogP contribution >= 0.6 is 0 Å². The summed E-state index contributed by atoms with van der Waals surface area (Å²) in [5.74, 6) is 1.60. The van der Waals surface area contributed by atoms with E-state index in [2.05, 4.69) is 36.1 Å². The summed E-state index contributed by atoms with van der Waals surface area (Å²) in [4.78, 5) is 2.57. The molecular formula is C21H28N2O. The quantitative estimate of drug-likeness (QED) is 0.812. The standard InChI is InChI=1S/C21H28N2O/c1-17-6-5-12-23(15-17)13-11-18-9-10-21(20(22)14-18)24-16-19-7-3-2-4-8-19/h2-4,7-10,14,17H,5-6,11-13,15-16,22H2,1H3. The number of hydrogen-bond acceptors (Lipinski definition) is 3. The smallest absolute Gasteiger partial charge is 0.142 e. The molecule has 0 bridgehead atoms. The third-order valence-electron chi connectivity index (χ3n) is 4.77. The van der Waals surface area contributed by atoms with E-state index in [4.69, 9.17) is 10.5 Å². The molecule has 1 heterocycles. The lowest BCUT2D eigenvalue weighted by Gasteiger charge is -2.30. The van der Waals surface area contributed by atoms with Crippen LogP contribution in [0, 0.1) is 5.92 Å².